The predicted octanol–water partition coefficient (Wildman–Crippen LogP) is 5.98. The van der Waals surface area contributed by atoms with Gasteiger partial charge in [0.15, 0.2) is 11.5 Å². The van der Waals surface area contributed by atoms with Crippen LogP contribution in [-0.2, 0) is 17.9 Å². The third-order valence-electron chi connectivity index (χ3n) is 5.26. The zero-order valence-electron chi connectivity index (χ0n) is 18.6. The zero-order valence-corrected chi connectivity index (χ0v) is 20.1. The Morgan fingerprint density at radius 2 is 1.76 bits per heavy atom. The quantitative estimate of drug-likeness (QED) is 0.322. The van der Waals surface area contributed by atoms with Crippen LogP contribution >= 0.6 is 23.2 Å². The smallest absolute Gasteiger partial charge is 0.329 e. The van der Waals surface area contributed by atoms with E-state index in [9.17, 15) is 9.59 Å². The lowest BCUT2D eigenvalue weighted by molar-refractivity contribution is -0.123. The SMILES string of the molecule is COc1cc(/C=C2/NC(=O)N(Cc3cccc(C)c3)C2=O)ccc1OCc1ccc(Cl)c(Cl)c1. The van der Waals surface area contributed by atoms with Gasteiger partial charge in [-0.3, -0.25) is 9.69 Å². The Labute approximate surface area is 207 Å². The van der Waals surface area contributed by atoms with Crippen molar-refractivity contribution >= 4 is 41.2 Å². The molecule has 3 amide bonds. The van der Waals surface area contributed by atoms with E-state index < -0.39 is 6.03 Å². The van der Waals surface area contributed by atoms with Gasteiger partial charge in [0.05, 0.1) is 23.7 Å². The van der Waals surface area contributed by atoms with Gasteiger partial charge >= 0.3 is 6.03 Å². The number of hydrogen-bond acceptors (Lipinski definition) is 4. The molecule has 34 heavy (non-hydrogen) atoms. The molecule has 1 fully saturated rings. The summed E-state index contributed by atoms with van der Waals surface area (Å²) in [6.07, 6.45) is 1.61. The summed E-state index contributed by atoms with van der Waals surface area (Å²) in [7, 11) is 1.53. The molecule has 0 atom stereocenters. The molecular formula is C26H22Cl2N2O4. The molecule has 3 aromatic rings. The Hall–Kier alpha value is -3.48. The van der Waals surface area contributed by atoms with Crippen molar-refractivity contribution in [3.05, 3.63) is 98.7 Å². The van der Waals surface area contributed by atoms with Crippen LogP contribution in [0.5, 0.6) is 11.5 Å². The van der Waals surface area contributed by atoms with E-state index in [0.29, 0.717) is 27.1 Å². The highest BCUT2D eigenvalue weighted by Crippen LogP contribution is 2.31. The number of methoxy groups -OCH3 is 1. The van der Waals surface area contributed by atoms with Gasteiger partial charge in [-0.05, 0) is 54.0 Å². The Kier molecular flexibility index (Phi) is 7.10. The summed E-state index contributed by atoms with van der Waals surface area (Å²) in [5.74, 6) is 0.631. The first-order valence-corrected chi connectivity index (χ1v) is 11.2. The molecule has 1 aliphatic rings. The highest BCUT2D eigenvalue weighted by atomic mass is 35.5. The summed E-state index contributed by atoms with van der Waals surface area (Å²) in [6, 6.07) is 17.8. The normalized spacial score (nSPS) is 14.5. The number of carbonyl (C=O) groups excluding carboxylic acids is 2. The number of aryl methyl sites for hydroxylation is 1. The number of rotatable bonds is 7. The van der Waals surface area contributed by atoms with E-state index in [1.54, 1.807) is 36.4 Å². The summed E-state index contributed by atoms with van der Waals surface area (Å²) in [5.41, 5.74) is 3.68. The molecule has 0 radical (unpaired) electrons. The molecule has 0 unspecified atom stereocenters. The molecule has 8 heteroatoms. The number of nitrogens with zero attached hydrogens (tertiary/aromatic N) is 1. The van der Waals surface area contributed by atoms with Gasteiger partial charge in [0, 0.05) is 0 Å². The maximum absolute atomic E-state index is 12.8. The van der Waals surface area contributed by atoms with Crippen LogP contribution in [0.4, 0.5) is 4.79 Å². The van der Waals surface area contributed by atoms with E-state index in [1.165, 1.54) is 12.0 Å². The fourth-order valence-corrected chi connectivity index (χ4v) is 3.88. The molecule has 0 spiro atoms. The van der Waals surface area contributed by atoms with E-state index >= 15 is 0 Å². The molecule has 174 valence electrons. The van der Waals surface area contributed by atoms with Crippen molar-refractivity contribution < 1.29 is 19.1 Å². The maximum atomic E-state index is 12.8. The molecule has 3 aromatic carbocycles. The van der Waals surface area contributed by atoms with Crippen molar-refractivity contribution in [3.63, 3.8) is 0 Å². The highest BCUT2D eigenvalue weighted by Gasteiger charge is 2.33. The minimum atomic E-state index is -0.453. The Balaban J connectivity index is 1.48. The lowest BCUT2D eigenvalue weighted by Crippen LogP contribution is -2.30. The van der Waals surface area contributed by atoms with E-state index in [4.69, 9.17) is 32.7 Å². The van der Waals surface area contributed by atoms with Gasteiger partial charge in [-0.25, -0.2) is 4.79 Å². The number of urea groups is 1. The van der Waals surface area contributed by atoms with Crippen molar-refractivity contribution in [1.29, 1.82) is 0 Å². The minimum Gasteiger partial charge on any atom is -0.493 e. The van der Waals surface area contributed by atoms with E-state index in [-0.39, 0.29) is 24.8 Å². The number of nitrogens with one attached hydrogen (secondary N) is 1. The van der Waals surface area contributed by atoms with E-state index in [2.05, 4.69) is 5.32 Å². The van der Waals surface area contributed by atoms with Crippen LogP contribution in [0.3, 0.4) is 0 Å². The van der Waals surface area contributed by atoms with Gasteiger partial charge in [-0.15, -0.1) is 0 Å². The second-order valence-corrected chi connectivity index (χ2v) is 8.63. The summed E-state index contributed by atoms with van der Waals surface area (Å²) < 4.78 is 11.3. The monoisotopic (exact) mass is 496 g/mol. The number of hydrogen-bond donors (Lipinski definition) is 1. The Morgan fingerprint density at radius 3 is 2.50 bits per heavy atom. The molecule has 0 aliphatic carbocycles. The summed E-state index contributed by atoms with van der Waals surface area (Å²) in [5, 5.41) is 3.58. The van der Waals surface area contributed by atoms with Crippen LogP contribution in [0.15, 0.2) is 66.4 Å². The van der Waals surface area contributed by atoms with Crippen LogP contribution in [0.1, 0.15) is 22.3 Å². The third-order valence-corrected chi connectivity index (χ3v) is 6.00. The van der Waals surface area contributed by atoms with Gasteiger partial charge in [-0.2, -0.15) is 0 Å². The fraction of sp³-hybridized carbons (Fsp3) is 0.154. The first-order valence-electron chi connectivity index (χ1n) is 10.5. The zero-order chi connectivity index (χ0) is 24.2. The van der Waals surface area contributed by atoms with Crippen molar-refractivity contribution in [2.75, 3.05) is 7.11 Å². The predicted molar refractivity (Wildman–Crippen MR) is 132 cm³/mol. The molecule has 6 nitrogen and oxygen atoms in total. The second kappa shape index (κ2) is 10.2. The van der Waals surface area contributed by atoms with Crippen LogP contribution in [0.25, 0.3) is 6.08 Å². The average Bonchev–Trinajstić information content (AvgIpc) is 3.07. The molecular weight excluding hydrogens is 475 g/mol. The number of carbonyl (C=O) groups is 2. The maximum Gasteiger partial charge on any atom is 0.329 e. The number of ether oxygens (including phenoxy) is 2. The van der Waals surface area contributed by atoms with E-state index in [1.807, 2.05) is 37.3 Å². The first kappa shape index (κ1) is 23.7. The average molecular weight is 497 g/mol. The van der Waals surface area contributed by atoms with Crippen LogP contribution in [-0.4, -0.2) is 23.9 Å². The van der Waals surface area contributed by atoms with E-state index in [0.717, 1.165) is 16.7 Å². The van der Waals surface area contributed by atoms with Crippen molar-refractivity contribution in [3.8, 4) is 11.5 Å². The molecule has 1 saturated heterocycles. The first-order chi connectivity index (χ1) is 16.3. The molecule has 0 bridgehead atoms. The molecule has 0 aromatic heterocycles. The minimum absolute atomic E-state index is 0.198. The van der Waals surface area contributed by atoms with Gasteiger partial charge in [-0.1, -0.05) is 65.2 Å². The Morgan fingerprint density at radius 1 is 0.941 bits per heavy atom. The van der Waals surface area contributed by atoms with Crippen molar-refractivity contribution in [2.45, 2.75) is 20.1 Å². The number of benzene rings is 3. The highest BCUT2D eigenvalue weighted by molar-refractivity contribution is 6.42. The molecule has 1 heterocycles. The number of halogens is 2. The Bertz CT molecular complexity index is 1290. The number of imide groups is 1. The van der Waals surface area contributed by atoms with Crippen LogP contribution in [0.2, 0.25) is 10.0 Å². The summed E-state index contributed by atoms with van der Waals surface area (Å²) in [4.78, 5) is 26.4. The molecule has 1 aliphatic heterocycles. The van der Waals surface area contributed by atoms with Crippen LogP contribution < -0.4 is 14.8 Å². The largest absolute Gasteiger partial charge is 0.493 e. The summed E-state index contributed by atoms with van der Waals surface area (Å²) in [6.45, 7) is 2.44. The topological polar surface area (TPSA) is 67.9 Å². The van der Waals surface area contributed by atoms with Gasteiger partial charge in [0.25, 0.3) is 5.91 Å². The van der Waals surface area contributed by atoms with Gasteiger partial charge in [0.1, 0.15) is 12.3 Å². The second-order valence-electron chi connectivity index (χ2n) is 7.82. The lowest BCUT2D eigenvalue weighted by atomic mass is 10.1. The fourth-order valence-electron chi connectivity index (χ4n) is 3.56. The molecule has 0 saturated carbocycles. The van der Waals surface area contributed by atoms with Crippen molar-refractivity contribution in [1.82, 2.24) is 10.2 Å². The number of amides is 3. The standard InChI is InChI=1S/C26H22Cl2N2O4/c1-16-4-3-5-18(10-16)14-30-25(31)22(29-26(30)32)12-17-7-9-23(24(13-17)33-2)34-15-19-6-8-20(27)21(28)11-19/h3-13H,14-15H2,1-2H3,(H,29,32)/b22-12+. The molecule has 1 N–H and O–H groups in total. The van der Waals surface area contributed by atoms with Gasteiger partial charge < -0.3 is 14.8 Å². The van der Waals surface area contributed by atoms with Gasteiger partial charge in [0.2, 0.25) is 0 Å². The lowest BCUT2D eigenvalue weighted by Gasteiger charge is -2.12. The van der Waals surface area contributed by atoms with Crippen molar-refractivity contribution in [2.24, 2.45) is 0 Å². The molecule has 4 rings (SSSR count). The van der Waals surface area contributed by atoms with Crippen LogP contribution in [0, 0.1) is 6.92 Å². The third kappa shape index (κ3) is 5.35. The summed E-state index contributed by atoms with van der Waals surface area (Å²) >= 11 is 12.0.